The molecule has 0 spiro atoms. The fourth-order valence-corrected chi connectivity index (χ4v) is 8.21. The van der Waals surface area contributed by atoms with Crippen LogP contribution in [0.25, 0.3) is 11.1 Å². The Bertz CT molecular complexity index is 1610. The fraction of sp³-hybridized carbons (Fsp3) is 0.441. The van der Waals surface area contributed by atoms with Gasteiger partial charge in [-0.15, -0.1) is 0 Å². The molecule has 7 nitrogen and oxygen atoms in total. The van der Waals surface area contributed by atoms with E-state index in [1.165, 1.54) is 10.4 Å². The van der Waals surface area contributed by atoms with Crippen LogP contribution in [0.4, 0.5) is 4.39 Å². The zero-order valence-electron chi connectivity index (χ0n) is 24.9. The number of aryl methyl sites for hydroxylation is 2. The summed E-state index contributed by atoms with van der Waals surface area (Å²) in [5.41, 5.74) is 6.74. The van der Waals surface area contributed by atoms with Crippen molar-refractivity contribution in [2.24, 2.45) is 5.92 Å². The number of hydrogen-bond donors (Lipinski definition) is 0. The van der Waals surface area contributed by atoms with Gasteiger partial charge in [0.15, 0.2) is 0 Å². The minimum absolute atomic E-state index is 0.0674. The molecule has 3 aliphatic rings. The van der Waals surface area contributed by atoms with Crippen LogP contribution in [0.2, 0.25) is 0 Å². The van der Waals surface area contributed by atoms with Crippen LogP contribution in [-0.2, 0) is 26.0 Å². The Labute approximate surface area is 253 Å². The van der Waals surface area contributed by atoms with Crippen LogP contribution in [0.3, 0.4) is 0 Å². The second kappa shape index (κ2) is 11.9. The molecule has 1 saturated heterocycles. The van der Waals surface area contributed by atoms with Crippen LogP contribution >= 0.6 is 0 Å². The van der Waals surface area contributed by atoms with Crippen LogP contribution < -0.4 is 9.47 Å². The number of benzene rings is 3. The first-order valence-corrected chi connectivity index (χ1v) is 16.7. The summed E-state index contributed by atoms with van der Waals surface area (Å²) in [6, 6.07) is 15.1. The lowest BCUT2D eigenvalue weighted by molar-refractivity contribution is -0.144. The van der Waals surface area contributed by atoms with Crippen molar-refractivity contribution in [1.82, 2.24) is 4.31 Å². The minimum atomic E-state index is -3.15. The third kappa shape index (κ3) is 6.02. The van der Waals surface area contributed by atoms with Crippen LogP contribution in [0.15, 0.2) is 48.5 Å². The molecule has 0 radical (unpaired) electrons. The number of ether oxygens (including phenoxy) is 3. The number of hydrogen-bond acceptors (Lipinski definition) is 6. The lowest BCUT2D eigenvalue weighted by Crippen LogP contribution is -2.30. The number of carbonyl (C=O) groups is 1. The van der Waals surface area contributed by atoms with Gasteiger partial charge in [0.05, 0.1) is 18.3 Å². The maximum absolute atomic E-state index is 15.3. The Morgan fingerprint density at radius 3 is 2.47 bits per heavy atom. The van der Waals surface area contributed by atoms with Crippen LogP contribution in [-0.4, -0.2) is 50.7 Å². The topological polar surface area (TPSA) is 82.1 Å². The third-order valence-electron chi connectivity index (χ3n) is 8.84. The quantitative estimate of drug-likeness (QED) is 0.253. The molecule has 3 atom stereocenters. The third-order valence-corrected chi connectivity index (χ3v) is 10.8. The summed E-state index contributed by atoms with van der Waals surface area (Å²) in [6.45, 7) is 7.43. The molecule has 2 aliphatic carbocycles. The van der Waals surface area contributed by atoms with Crippen molar-refractivity contribution in [2.45, 2.75) is 58.5 Å². The Hall–Kier alpha value is -3.43. The molecule has 9 heteroatoms. The van der Waals surface area contributed by atoms with Crippen molar-refractivity contribution in [1.29, 1.82) is 0 Å². The summed E-state index contributed by atoms with van der Waals surface area (Å²) in [6.07, 6.45) is 2.46. The number of carbonyl (C=O) groups excluding carboxylic acids is 1. The van der Waals surface area contributed by atoms with Gasteiger partial charge in [0, 0.05) is 18.7 Å². The van der Waals surface area contributed by atoms with E-state index in [0.717, 1.165) is 39.8 Å². The number of fused-ring (bicyclic) bond motifs is 1. The minimum Gasteiger partial charge on any atom is -0.492 e. The molecule has 228 valence electrons. The lowest BCUT2D eigenvalue weighted by atomic mass is 9.90. The summed E-state index contributed by atoms with van der Waals surface area (Å²) < 4.78 is 58.3. The highest BCUT2D eigenvalue weighted by Gasteiger charge is 2.45. The first kappa shape index (κ1) is 29.6. The van der Waals surface area contributed by atoms with Gasteiger partial charge in [0.1, 0.15) is 30.0 Å². The number of nitrogens with zero attached hydrogens (tertiary/aromatic N) is 1. The second-order valence-corrected chi connectivity index (χ2v) is 13.8. The Kier molecular flexibility index (Phi) is 8.22. The summed E-state index contributed by atoms with van der Waals surface area (Å²) in [7, 11) is -3.15. The number of esters is 1. The zero-order chi connectivity index (χ0) is 30.3. The summed E-state index contributed by atoms with van der Waals surface area (Å²) >= 11 is 0. The normalized spacial score (nSPS) is 22.3. The van der Waals surface area contributed by atoms with E-state index in [1.54, 1.807) is 0 Å². The van der Waals surface area contributed by atoms with Gasteiger partial charge in [-0.2, -0.15) is 4.31 Å². The fourth-order valence-electron chi connectivity index (χ4n) is 6.70. The smallest absolute Gasteiger partial charge is 0.309 e. The molecule has 43 heavy (non-hydrogen) atoms. The first-order valence-electron chi connectivity index (χ1n) is 15.1. The molecule has 0 N–H and O–H groups in total. The van der Waals surface area contributed by atoms with Gasteiger partial charge < -0.3 is 14.2 Å². The van der Waals surface area contributed by atoms with Gasteiger partial charge in [-0.25, -0.2) is 12.8 Å². The summed E-state index contributed by atoms with van der Waals surface area (Å²) in [4.78, 5) is 12.0. The molecule has 0 amide bonds. The summed E-state index contributed by atoms with van der Waals surface area (Å²) in [5, 5.41) is 0. The van der Waals surface area contributed by atoms with Gasteiger partial charge in [-0.3, -0.25) is 4.79 Å². The Morgan fingerprint density at radius 2 is 1.79 bits per heavy atom. The van der Waals surface area contributed by atoms with Crippen LogP contribution in [0.5, 0.6) is 11.5 Å². The molecule has 0 unspecified atom stereocenters. The summed E-state index contributed by atoms with van der Waals surface area (Å²) in [5.74, 6) is 1.30. The number of sulfonamides is 1. The van der Waals surface area contributed by atoms with Crippen LogP contribution in [0, 0.1) is 25.6 Å². The predicted octanol–water partition coefficient (Wildman–Crippen LogP) is 6.26. The van der Waals surface area contributed by atoms with Gasteiger partial charge in [-0.05, 0) is 116 Å². The average Bonchev–Trinajstić information content (AvgIpc) is 3.55. The predicted molar refractivity (Wildman–Crippen MR) is 162 cm³/mol. The molecule has 0 bridgehead atoms. The molecular weight excluding hydrogens is 569 g/mol. The van der Waals surface area contributed by atoms with Crippen molar-refractivity contribution < 1.29 is 31.8 Å². The molecule has 6 rings (SSSR count). The Morgan fingerprint density at radius 1 is 1.05 bits per heavy atom. The monoisotopic (exact) mass is 607 g/mol. The van der Waals surface area contributed by atoms with Crippen molar-refractivity contribution >= 4 is 16.0 Å². The number of rotatable bonds is 10. The number of halogens is 1. The highest BCUT2D eigenvalue weighted by atomic mass is 32.2. The molecule has 0 aromatic heterocycles. The zero-order valence-corrected chi connectivity index (χ0v) is 25.7. The Balaban J connectivity index is 1.16. The maximum atomic E-state index is 15.3. The molecule has 3 aromatic carbocycles. The second-order valence-electron chi connectivity index (χ2n) is 11.8. The van der Waals surface area contributed by atoms with Crippen molar-refractivity contribution in [3.05, 3.63) is 82.2 Å². The molecule has 1 saturated carbocycles. The average molecular weight is 608 g/mol. The first-order chi connectivity index (χ1) is 20.7. The van der Waals surface area contributed by atoms with Crippen molar-refractivity contribution in [3.8, 4) is 22.6 Å². The SMILES string of the molecule is CCOC(=O)[C@H]1C[C@@H]1c1ccc(O[C@@H]2CCc3c(-c4c(C)cc(OCCN5CCCS5(=O)=O)cc4C)ccc(F)c32)cc1. The van der Waals surface area contributed by atoms with E-state index in [-0.39, 0.29) is 42.1 Å². The molecule has 1 heterocycles. The van der Waals surface area contributed by atoms with Crippen molar-refractivity contribution in [2.75, 3.05) is 32.1 Å². The van der Waals surface area contributed by atoms with E-state index in [1.807, 2.05) is 63.2 Å². The largest absolute Gasteiger partial charge is 0.492 e. The molecule has 2 fully saturated rings. The standard InChI is InChI=1S/C34H38FNO6S/c1-4-40-34(37)29-20-28(29)23-6-8-24(9-7-23)42-31-13-11-27-26(10-12-30(35)33(27)31)32-21(2)18-25(19-22(32)3)41-16-15-36-14-5-17-43(36,38)39/h6-10,12,18-19,28-29,31H,4-5,11,13-17,20H2,1-3H3/t28-,29+,31-/m1/s1. The van der Waals surface area contributed by atoms with Gasteiger partial charge in [-0.1, -0.05) is 18.2 Å². The highest BCUT2D eigenvalue weighted by molar-refractivity contribution is 7.89. The van der Waals surface area contributed by atoms with Crippen LogP contribution in [0.1, 0.15) is 66.0 Å². The highest BCUT2D eigenvalue weighted by Crippen LogP contribution is 2.49. The van der Waals surface area contributed by atoms with E-state index < -0.39 is 10.0 Å². The maximum Gasteiger partial charge on any atom is 0.309 e. The molecule has 1 aliphatic heterocycles. The van der Waals surface area contributed by atoms with Gasteiger partial charge in [0.25, 0.3) is 0 Å². The van der Waals surface area contributed by atoms with E-state index in [2.05, 4.69) is 0 Å². The van der Waals surface area contributed by atoms with Gasteiger partial charge >= 0.3 is 5.97 Å². The van der Waals surface area contributed by atoms with E-state index >= 15 is 4.39 Å². The lowest BCUT2D eigenvalue weighted by Gasteiger charge is -2.19. The van der Waals surface area contributed by atoms with E-state index in [0.29, 0.717) is 56.0 Å². The van der Waals surface area contributed by atoms with Gasteiger partial charge in [0.2, 0.25) is 10.0 Å². The van der Waals surface area contributed by atoms with E-state index in [9.17, 15) is 13.2 Å². The molecule has 3 aromatic rings. The van der Waals surface area contributed by atoms with Crippen molar-refractivity contribution in [3.63, 3.8) is 0 Å². The molecular formula is C34H38FNO6S. The van der Waals surface area contributed by atoms with E-state index in [4.69, 9.17) is 14.2 Å².